The zero-order chi connectivity index (χ0) is 15.7. The van der Waals surface area contributed by atoms with Crippen molar-refractivity contribution in [1.82, 2.24) is 10.2 Å². The predicted molar refractivity (Wildman–Crippen MR) is 84.9 cm³/mol. The number of hydrogen-bond donors (Lipinski definition) is 2. The maximum Gasteiger partial charge on any atom is 0.225 e. The molecular formula is C17H29N3O2. The Balaban J connectivity index is 1.62. The highest BCUT2D eigenvalue weighted by Gasteiger charge is 2.42. The zero-order valence-electron chi connectivity index (χ0n) is 13.6. The van der Waals surface area contributed by atoms with E-state index in [4.69, 9.17) is 5.73 Å². The molecule has 2 aliphatic carbocycles. The molecule has 124 valence electrons. The van der Waals surface area contributed by atoms with Crippen LogP contribution >= 0.6 is 0 Å². The van der Waals surface area contributed by atoms with E-state index in [0.29, 0.717) is 24.4 Å². The van der Waals surface area contributed by atoms with Crippen molar-refractivity contribution in [1.29, 1.82) is 0 Å². The molecule has 1 aliphatic heterocycles. The summed E-state index contributed by atoms with van der Waals surface area (Å²) in [5.41, 5.74) is 6.33. The van der Waals surface area contributed by atoms with Gasteiger partial charge in [0.2, 0.25) is 11.8 Å². The Morgan fingerprint density at radius 3 is 2.36 bits per heavy atom. The molecular weight excluding hydrogens is 278 g/mol. The third-order valence-electron chi connectivity index (χ3n) is 6.11. The van der Waals surface area contributed by atoms with Crippen molar-refractivity contribution in [2.45, 2.75) is 51.0 Å². The highest BCUT2D eigenvalue weighted by molar-refractivity contribution is 5.82. The van der Waals surface area contributed by atoms with Crippen molar-refractivity contribution in [2.75, 3.05) is 20.1 Å². The fourth-order valence-corrected chi connectivity index (χ4v) is 4.84. The second kappa shape index (κ2) is 6.57. The second-order valence-corrected chi connectivity index (χ2v) is 7.43. The maximum absolute atomic E-state index is 12.9. The maximum atomic E-state index is 12.9. The quantitative estimate of drug-likeness (QED) is 0.803. The SMILES string of the molecule is CNC(=O)C1CCCN(C(=O)C2CC3CCCC(C2)C3N)C1. The van der Waals surface area contributed by atoms with Crippen molar-refractivity contribution in [3.05, 3.63) is 0 Å². The lowest BCUT2D eigenvalue weighted by molar-refractivity contribution is -0.142. The van der Waals surface area contributed by atoms with Crippen LogP contribution in [0, 0.1) is 23.7 Å². The van der Waals surface area contributed by atoms with E-state index in [2.05, 4.69) is 5.32 Å². The lowest BCUT2D eigenvalue weighted by atomic mass is 9.65. The summed E-state index contributed by atoms with van der Waals surface area (Å²) in [6.07, 6.45) is 7.37. The molecule has 0 spiro atoms. The summed E-state index contributed by atoms with van der Waals surface area (Å²) >= 11 is 0. The fourth-order valence-electron chi connectivity index (χ4n) is 4.84. The van der Waals surface area contributed by atoms with Gasteiger partial charge in [0.25, 0.3) is 0 Å². The number of rotatable bonds is 2. The van der Waals surface area contributed by atoms with Gasteiger partial charge < -0.3 is 16.0 Å². The number of nitrogens with two attached hydrogens (primary N) is 1. The summed E-state index contributed by atoms with van der Waals surface area (Å²) in [5.74, 6) is 1.51. The largest absolute Gasteiger partial charge is 0.359 e. The first kappa shape index (κ1) is 15.8. The molecule has 0 radical (unpaired) electrons. The van der Waals surface area contributed by atoms with Gasteiger partial charge in [-0.25, -0.2) is 0 Å². The van der Waals surface area contributed by atoms with Gasteiger partial charge in [-0.15, -0.1) is 0 Å². The molecule has 2 bridgehead atoms. The Labute approximate surface area is 133 Å². The number of nitrogens with zero attached hydrogens (tertiary/aromatic N) is 1. The molecule has 3 N–H and O–H groups in total. The number of likely N-dealkylation sites (tertiary alicyclic amines) is 1. The first-order valence-corrected chi connectivity index (χ1v) is 8.86. The molecule has 5 nitrogen and oxygen atoms in total. The van der Waals surface area contributed by atoms with Gasteiger partial charge in [-0.3, -0.25) is 9.59 Å². The molecule has 0 aromatic rings. The molecule has 3 fully saturated rings. The van der Waals surface area contributed by atoms with Crippen molar-refractivity contribution in [3.63, 3.8) is 0 Å². The Morgan fingerprint density at radius 2 is 1.73 bits per heavy atom. The van der Waals surface area contributed by atoms with Crippen molar-refractivity contribution in [3.8, 4) is 0 Å². The number of nitrogens with one attached hydrogen (secondary N) is 1. The molecule has 1 heterocycles. The van der Waals surface area contributed by atoms with Crippen LogP contribution < -0.4 is 11.1 Å². The minimum Gasteiger partial charge on any atom is -0.359 e. The van der Waals surface area contributed by atoms with Crippen LogP contribution in [0.3, 0.4) is 0 Å². The van der Waals surface area contributed by atoms with E-state index in [1.54, 1.807) is 7.05 Å². The van der Waals surface area contributed by atoms with E-state index in [9.17, 15) is 9.59 Å². The van der Waals surface area contributed by atoms with Crippen LogP contribution in [-0.2, 0) is 9.59 Å². The second-order valence-electron chi connectivity index (χ2n) is 7.43. The average molecular weight is 307 g/mol. The summed E-state index contributed by atoms with van der Waals surface area (Å²) in [7, 11) is 1.67. The molecule has 2 amide bonds. The van der Waals surface area contributed by atoms with Gasteiger partial charge in [0.05, 0.1) is 5.92 Å². The molecule has 3 unspecified atom stereocenters. The first-order valence-electron chi connectivity index (χ1n) is 8.86. The van der Waals surface area contributed by atoms with Gasteiger partial charge in [-0.1, -0.05) is 6.42 Å². The van der Waals surface area contributed by atoms with E-state index in [1.165, 1.54) is 19.3 Å². The molecule has 3 aliphatic rings. The molecule has 2 saturated carbocycles. The average Bonchev–Trinajstić information content (AvgIpc) is 2.53. The predicted octanol–water partition coefficient (Wildman–Crippen LogP) is 1.12. The van der Waals surface area contributed by atoms with Crippen LogP contribution in [0.15, 0.2) is 0 Å². The fraction of sp³-hybridized carbons (Fsp3) is 0.882. The van der Waals surface area contributed by atoms with Crippen molar-refractivity contribution in [2.24, 2.45) is 29.4 Å². The molecule has 0 aromatic carbocycles. The minimum absolute atomic E-state index is 0.0342. The van der Waals surface area contributed by atoms with Gasteiger partial charge in [0.15, 0.2) is 0 Å². The standard InChI is InChI=1S/C17H29N3O2/c1-19-16(21)13-6-3-7-20(10-13)17(22)14-8-11-4-2-5-12(9-14)15(11)18/h11-15H,2-10,18H2,1H3,(H,19,21). The third-order valence-corrected chi connectivity index (χ3v) is 6.11. The van der Waals surface area contributed by atoms with Crippen LogP contribution in [0.5, 0.6) is 0 Å². The lowest BCUT2D eigenvalue weighted by Gasteiger charge is -2.45. The zero-order valence-corrected chi connectivity index (χ0v) is 13.6. The van der Waals surface area contributed by atoms with Crippen molar-refractivity contribution >= 4 is 11.8 Å². The normalized spacial score (nSPS) is 38.5. The smallest absolute Gasteiger partial charge is 0.225 e. The number of piperidine rings is 1. The number of carbonyl (C=O) groups is 2. The topological polar surface area (TPSA) is 75.4 Å². The highest BCUT2D eigenvalue weighted by atomic mass is 16.2. The Hall–Kier alpha value is -1.10. The summed E-state index contributed by atoms with van der Waals surface area (Å²) < 4.78 is 0. The minimum atomic E-state index is -0.0342. The van der Waals surface area contributed by atoms with Gasteiger partial charge in [-0.2, -0.15) is 0 Å². The van der Waals surface area contributed by atoms with Gasteiger partial charge in [0, 0.05) is 32.1 Å². The van der Waals surface area contributed by atoms with Crippen molar-refractivity contribution < 1.29 is 9.59 Å². The van der Waals surface area contributed by atoms with Crippen LogP contribution in [-0.4, -0.2) is 42.9 Å². The summed E-state index contributed by atoms with van der Waals surface area (Å²) in [4.78, 5) is 26.7. The lowest BCUT2D eigenvalue weighted by Crippen LogP contribution is -2.52. The number of fused-ring (bicyclic) bond motifs is 2. The summed E-state index contributed by atoms with van der Waals surface area (Å²) in [6.45, 7) is 1.40. The molecule has 5 heteroatoms. The monoisotopic (exact) mass is 307 g/mol. The summed E-state index contributed by atoms with van der Waals surface area (Å²) in [5, 5.41) is 2.72. The Kier molecular flexibility index (Phi) is 4.71. The molecule has 22 heavy (non-hydrogen) atoms. The molecule has 3 rings (SSSR count). The summed E-state index contributed by atoms with van der Waals surface area (Å²) in [6, 6.07) is 0.303. The van der Waals surface area contributed by atoms with E-state index in [1.807, 2.05) is 4.90 Å². The van der Waals surface area contributed by atoms with Gasteiger partial charge >= 0.3 is 0 Å². The van der Waals surface area contributed by atoms with E-state index < -0.39 is 0 Å². The molecule has 3 atom stereocenters. The van der Waals surface area contributed by atoms with Gasteiger partial charge in [-0.05, 0) is 50.4 Å². The van der Waals surface area contributed by atoms with E-state index >= 15 is 0 Å². The van der Waals surface area contributed by atoms with Crippen LogP contribution in [0.1, 0.15) is 44.9 Å². The first-order chi connectivity index (χ1) is 10.6. The number of carbonyl (C=O) groups excluding carboxylic acids is 2. The Morgan fingerprint density at radius 1 is 1.05 bits per heavy atom. The Bertz CT molecular complexity index is 426. The van der Waals surface area contributed by atoms with Gasteiger partial charge in [0.1, 0.15) is 0 Å². The number of amides is 2. The van der Waals surface area contributed by atoms with Crippen LogP contribution in [0.25, 0.3) is 0 Å². The number of hydrogen-bond acceptors (Lipinski definition) is 3. The van der Waals surface area contributed by atoms with Crippen LogP contribution in [0.2, 0.25) is 0 Å². The van der Waals surface area contributed by atoms with Crippen LogP contribution in [0.4, 0.5) is 0 Å². The highest BCUT2D eigenvalue weighted by Crippen LogP contribution is 2.42. The molecule has 0 aromatic heterocycles. The van der Waals surface area contributed by atoms with E-state index in [-0.39, 0.29) is 23.7 Å². The van der Waals surface area contributed by atoms with E-state index in [0.717, 1.165) is 32.2 Å². The third kappa shape index (κ3) is 3.00. The molecule has 1 saturated heterocycles.